The average Bonchev–Trinajstić information content (AvgIpc) is 2.70. The van der Waals surface area contributed by atoms with Gasteiger partial charge in [-0.05, 0) is 30.3 Å². The second-order valence-electron chi connectivity index (χ2n) is 6.17. The van der Waals surface area contributed by atoms with E-state index in [1.165, 1.54) is 42.7 Å². The van der Waals surface area contributed by atoms with Gasteiger partial charge in [0.15, 0.2) is 17.4 Å². The molecule has 0 aliphatic rings. The molecule has 0 aliphatic heterocycles. The van der Waals surface area contributed by atoms with Crippen LogP contribution in [0.3, 0.4) is 0 Å². The number of urea groups is 1. The smallest absolute Gasteiger partial charge is 0.323 e. The molecule has 4 aromatic rings. The van der Waals surface area contributed by atoms with E-state index in [0.29, 0.717) is 11.0 Å². The lowest BCUT2D eigenvalue weighted by atomic mass is 10.2. The maximum Gasteiger partial charge on any atom is 0.323 e. The third-order valence-corrected chi connectivity index (χ3v) is 4.00. The molecule has 9 heteroatoms. The van der Waals surface area contributed by atoms with Crippen LogP contribution in [0.15, 0.2) is 67.0 Å². The minimum absolute atomic E-state index is 0.143. The number of hydrogen-bond acceptors (Lipinski definition) is 4. The summed E-state index contributed by atoms with van der Waals surface area (Å²) in [5, 5.41) is 4.64. The molecule has 0 aliphatic carbocycles. The summed E-state index contributed by atoms with van der Waals surface area (Å²) in [6.07, 6.45) is 3.01. The van der Waals surface area contributed by atoms with Gasteiger partial charge >= 0.3 is 6.03 Å². The van der Waals surface area contributed by atoms with Crippen LogP contribution in [0.4, 0.5) is 29.3 Å². The van der Waals surface area contributed by atoms with Gasteiger partial charge in [-0.1, -0.05) is 6.07 Å². The fourth-order valence-electron chi connectivity index (χ4n) is 2.71. The number of carbonyl (C=O) groups is 1. The van der Waals surface area contributed by atoms with Crippen molar-refractivity contribution in [2.75, 3.05) is 10.6 Å². The van der Waals surface area contributed by atoms with Crippen LogP contribution < -0.4 is 15.4 Å². The van der Waals surface area contributed by atoms with Crippen molar-refractivity contribution in [1.29, 1.82) is 0 Å². The first-order valence-electron chi connectivity index (χ1n) is 8.69. The quantitative estimate of drug-likeness (QED) is 0.467. The number of benzene rings is 3. The Hall–Kier alpha value is -4.14. The highest BCUT2D eigenvalue weighted by Gasteiger charge is 2.16. The molecule has 4 rings (SSSR count). The molecule has 1 aromatic heterocycles. The van der Waals surface area contributed by atoms with Gasteiger partial charge < -0.3 is 15.4 Å². The summed E-state index contributed by atoms with van der Waals surface area (Å²) in [5.74, 6) is -3.03. The first-order valence-corrected chi connectivity index (χ1v) is 8.69. The second-order valence-corrected chi connectivity index (χ2v) is 6.17. The molecule has 0 unspecified atom stereocenters. The Kier molecular flexibility index (Phi) is 5.17. The Morgan fingerprint density at radius 3 is 2.23 bits per heavy atom. The summed E-state index contributed by atoms with van der Waals surface area (Å²) in [7, 11) is 0. The van der Waals surface area contributed by atoms with E-state index in [1.807, 2.05) is 0 Å². The fourth-order valence-corrected chi connectivity index (χ4v) is 2.71. The number of carbonyl (C=O) groups excluding carboxylic acids is 1. The number of nitrogens with one attached hydrogen (secondary N) is 2. The molecule has 0 fully saturated rings. The summed E-state index contributed by atoms with van der Waals surface area (Å²) in [5.41, 5.74) is 1.15. The number of hydrogen-bond donors (Lipinski definition) is 2. The van der Waals surface area contributed by atoms with E-state index < -0.39 is 29.2 Å². The van der Waals surface area contributed by atoms with E-state index in [9.17, 15) is 18.0 Å². The maximum absolute atomic E-state index is 14.4. The molecular weight excluding hydrogens is 397 g/mol. The van der Waals surface area contributed by atoms with Crippen LogP contribution in [0.25, 0.3) is 11.0 Å². The van der Waals surface area contributed by atoms with Crippen molar-refractivity contribution < 1.29 is 22.7 Å². The van der Waals surface area contributed by atoms with Crippen molar-refractivity contribution in [2.45, 2.75) is 0 Å². The highest BCUT2D eigenvalue weighted by molar-refractivity contribution is 5.99. The monoisotopic (exact) mass is 410 g/mol. The molecule has 2 amide bonds. The molecule has 0 radical (unpaired) electrons. The van der Waals surface area contributed by atoms with Crippen LogP contribution in [0.1, 0.15) is 0 Å². The van der Waals surface area contributed by atoms with E-state index >= 15 is 0 Å². The maximum atomic E-state index is 14.4. The zero-order chi connectivity index (χ0) is 21.1. The molecular formula is C21H13F3N4O2. The Morgan fingerprint density at radius 1 is 0.800 bits per heavy atom. The molecule has 0 saturated carbocycles. The lowest BCUT2D eigenvalue weighted by Crippen LogP contribution is -2.19. The largest absolute Gasteiger partial charge is 0.451 e. The molecule has 0 spiro atoms. The van der Waals surface area contributed by atoms with Crippen molar-refractivity contribution in [3.05, 3.63) is 84.4 Å². The number of anilines is 2. The Morgan fingerprint density at radius 2 is 1.50 bits per heavy atom. The second kappa shape index (κ2) is 8.08. The standard InChI is InChI=1S/C21H13F3N4O2/c22-12-2-1-3-13(8-12)27-21(29)28-14-9-16(23)20(17(24)10-14)30-15-4-5-18-19(11-15)26-7-6-25-18/h1-11H,(H2,27,28,29). The first-order chi connectivity index (χ1) is 14.5. The van der Waals surface area contributed by atoms with E-state index in [-0.39, 0.29) is 17.1 Å². The van der Waals surface area contributed by atoms with Crippen molar-refractivity contribution in [2.24, 2.45) is 0 Å². The van der Waals surface area contributed by atoms with Crippen LogP contribution in [-0.2, 0) is 0 Å². The summed E-state index contributed by atoms with van der Waals surface area (Å²) >= 11 is 0. The van der Waals surface area contributed by atoms with Gasteiger partial charge in [0, 0.05) is 42.0 Å². The van der Waals surface area contributed by atoms with Crippen LogP contribution in [-0.4, -0.2) is 16.0 Å². The third kappa shape index (κ3) is 4.30. The van der Waals surface area contributed by atoms with Gasteiger partial charge in [0.05, 0.1) is 11.0 Å². The van der Waals surface area contributed by atoms with E-state index in [1.54, 1.807) is 6.07 Å². The lowest BCUT2D eigenvalue weighted by molar-refractivity contribution is 0.262. The van der Waals surface area contributed by atoms with E-state index in [2.05, 4.69) is 20.6 Å². The van der Waals surface area contributed by atoms with Crippen molar-refractivity contribution in [3.8, 4) is 11.5 Å². The molecule has 150 valence electrons. The van der Waals surface area contributed by atoms with Crippen LogP contribution in [0.5, 0.6) is 11.5 Å². The van der Waals surface area contributed by atoms with Crippen molar-refractivity contribution >= 4 is 28.4 Å². The predicted octanol–water partition coefficient (Wildman–Crippen LogP) is 5.48. The predicted molar refractivity (Wildman–Crippen MR) is 105 cm³/mol. The SMILES string of the molecule is O=C(Nc1cccc(F)c1)Nc1cc(F)c(Oc2ccc3nccnc3c2)c(F)c1. The molecule has 0 atom stereocenters. The minimum atomic E-state index is -1.02. The summed E-state index contributed by atoms with van der Waals surface area (Å²) in [6.45, 7) is 0. The number of aromatic nitrogens is 2. The summed E-state index contributed by atoms with van der Waals surface area (Å²) < 4.78 is 47.3. The first kappa shape index (κ1) is 19.2. The number of fused-ring (bicyclic) bond motifs is 1. The zero-order valence-electron chi connectivity index (χ0n) is 15.2. The zero-order valence-corrected chi connectivity index (χ0v) is 15.2. The fraction of sp³-hybridized carbons (Fsp3) is 0. The van der Waals surface area contributed by atoms with E-state index in [0.717, 1.165) is 18.2 Å². The van der Waals surface area contributed by atoms with Crippen LogP contribution in [0.2, 0.25) is 0 Å². The van der Waals surface area contributed by atoms with Crippen LogP contribution >= 0.6 is 0 Å². The number of halogens is 3. The van der Waals surface area contributed by atoms with Gasteiger partial charge in [-0.15, -0.1) is 0 Å². The highest BCUT2D eigenvalue weighted by Crippen LogP contribution is 2.31. The molecule has 1 heterocycles. The number of amides is 2. The van der Waals surface area contributed by atoms with Gasteiger partial charge in [-0.25, -0.2) is 18.0 Å². The highest BCUT2D eigenvalue weighted by atomic mass is 19.1. The number of rotatable bonds is 4. The summed E-state index contributed by atoms with van der Waals surface area (Å²) in [4.78, 5) is 20.2. The molecule has 2 N–H and O–H groups in total. The Bertz CT molecular complexity index is 1230. The minimum Gasteiger partial charge on any atom is -0.451 e. The Balaban J connectivity index is 1.50. The van der Waals surface area contributed by atoms with Gasteiger partial charge in [0.25, 0.3) is 0 Å². The molecule has 0 saturated heterocycles. The van der Waals surface area contributed by atoms with Crippen molar-refractivity contribution in [3.63, 3.8) is 0 Å². The molecule has 30 heavy (non-hydrogen) atoms. The Labute approximate surface area is 168 Å². The third-order valence-electron chi connectivity index (χ3n) is 4.00. The molecule has 0 bridgehead atoms. The average molecular weight is 410 g/mol. The molecule has 6 nitrogen and oxygen atoms in total. The van der Waals surface area contributed by atoms with E-state index in [4.69, 9.17) is 4.74 Å². The van der Waals surface area contributed by atoms with Gasteiger partial charge in [-0.2, -0.15) is 0 Å². The van der Waals surface area contributed by atoms with Crippen molar-refractivity contribution in [1.82, 2.24) is 9.97 Å². The number of ether oxygens (including phenoxy) is 1. The van der Waals surface area contributed by atoms with Gasteiger partial charge in [0.1, 0.15) is 11.6 Å². The normalized spacial score (nSPS) is 10.6. The topological polar surface area (TPSA) is 76.1 Å². The van der Waals surface area contributed by atoms with Crippen LogP contribution in [0, 0.1) is 17.5 Å². The molecule has 3 aromatic carbocycles. The summed E-state index contributed by atoms with van der Waals surface area (Å²) in [6, 6.07) is 10.8. The van der Waals surface area contributed by atoms with Gasteiger partial charge in [0.2, 0.25) is 0 Å². The lowest BCUT2D eigenvalue weighted by Gasteiger charge is -2.12. The van der Waals surface area contributed by atoms with Gasteiger partial charge in [-0.3, -0.25) is 9.97 Å². The number of nitrogens with zero attached hydrogens (tertiary/aromatic N) is 2.